The molecule has 6 aromatic rings. The first kappa shape index (κ1) is 49.2. The predicted octanol–water partition coefficient (Wildman–Crippen LogP) is 9.77. The molecule has 2 fully saturated rings. The van der Waals surface area contributed by atoms with Crippen LogP contribution in [0, 0.1) is 0 Å². The summed E-state index contributed by atoms with van der Waals surface area (Å²) in [6, 6.07) is 59.3. The van der Waals surface area contributed by atoms with Crippen LogP contribution in [0.5, 0.6) is 0 Å². The van der Waals surface area contributed by atoms with Crippen LogP contribution in [0.4, 0.5) is 0 Å². The van der Waals surface area contributed by atoms with Gasteiger partial charge in [-0.1, -0.05) is 194 Å². The summed E-state index contributed by atoms with van der Waals surface area (Å²) in [6.45, 7) is 2.62. The SMILES string of the molecule is CC(=O)OC[C@H]1O[C@H](OC[C@H]2O[C@@H](Cl)[C@H](OCc3ccccc3)[C@@H](OCc3ccccc3)[C@@H]2OCc2ccccc2)[C@H](OCc2ccccc2)[C@@H](OCc2ccccc2)[C@@H]1OCc1ccccc1. The summed E-state index contributed by atoms with van der Waals surface area (Å²) >= 11 is 7.21. The first-order valence-electron chi connectivity index (χ1n) is 23.1. The number of carbonyl (C=O) groups is 1. The van der Waals surface area contributed by atoms with E-state index in [1.807, 2.05) is 182 Å². The fourth-order valence-electron chi connectivity index (χ4n) is 8.27. The van der Waals surface area contributed by atoms with Gasteiger partial charge in [0.2, 0.25) is 0 Å². The van der Waals surface area contributed by atoms with Gasteiger partial charge >= 0.3 is 5.97 Å². The second-order valence-corrected chi connectivity index (χ2v) is 17.2. The number of halogens is 1. The molecule has 2 aliphatic rings. The van der Waals surface area contributed by atoms with Crippen LogP contribution < -0.4 is 0 Å². The van der Waals surface area contributed by atoms with Crippen molar-refractivity contribution in [3.8, 4) is 0 Å². The zero-order valence-electron chi connectivity index (χ0n) is 38.1. The molecule has 356 valence electrons. The van der Waals surface area contributed by atoms with Gasteiger partial charge in [-0.05, 0) is 33.4 Å². The van der Waals surface area contributed by atoms with Crippen LogP contribution >= 0.6 is 11.6 Å². The Labute approximate surface area is 404 Å². The van der Waals surface area contributed by atoms with Crippen LogP contribution in [-0.4, -0.2) is 79.9 Å². The largest absolute Gasteiger partial charge is 0.463 e. The Kier molecular flexibility index (Phi) is 18.7. The van der Waals surface area contributed by atoms with Crippen molar-refractivity contribution in [2.75, 3.05) is 13.2 Å². The molecule has 11 nitrogen and oxygen atoms in total. The third-order valence-electron chi connectivity index (χ3n) is 11.8. The summed E-state index contributed by atoms with van der Waals surface area (Å²) in [5, 5.41) is 0. The molecule has 0 radical (unpaired) electrons. The number of hydrogen-bond donors (Lipinski definition) is 0. The van der Waals surface area contributed by atoms with Gasteiger partial charge in [0.05, 0.1) is 46.2 Å². The van der Waals surface area contributed by atoms with E-state index >= 15 is 0 Å². The lowest BCUT2D eigenvalue weighted by Gasteiger charge is -2.47. The van der Waals surface area contributed by atoms with Crippen molar-refractivity contribution in [2.45, 2.75) is 107 Å². The highest BCUT2D eigenvalue weighted by Gasteiger charge is 2.52. The highest BCUT2D eigenvalue weighted by Crippen LogP contribution is 2.35. The summed E-state index contributed by atoms with van der Waals surface area (Å²) < 4.78 is 66.6. The Morgan fingerprint density at radius 2 is 0.676 bits per heavy atom. The van der Waals surface area contributed by atoms with E-state index in [1.165, 1.54) is 6.92 Å². The van der Waals surface area contributed by atoms with Crippen molar-refractivity contribution >= 4 is 17.6 Å². The number of benzene rings is 6. The molecule has 0 spiro atoms. The van der Waals surface area contributed by atoms with Gasteiger partial charge in [0.25, 0.3) is 0 Å². The molecule has 10 atom stereocenters. The zero-order chi connectivity index (χ0) is 46.8. The molecule has 0 amide bonds. The van der Waals surface area contributed by atoms with Crippen LogP contribution in [0.3, 0.4) is 0 Å². The Morgan fingerprint density at radius 3 is 1.03 bits per heavy atom. The standard InChI is InChI=1S/C56H59ClO11/c1-40(58)59-38-48-50(61-33-42-22-10-3-11-23-42)52(63-35-44-26-14-5-15-27-44)54(65-37-46-30-18-7-19-31-46)56(68-48)66-39-47-49(60-32-41-20-8-2-9-21-41)51(62-34-43-24-12-4-13-25-43)53(55(57)67-47)64-36-45-28-16-6-17-29-45/h2-31,47-56H,32-39H2,1H3/t47-,48-,49-,50-,51+,52+,53-,54-,55-,56+/m1/s1. The molecule has 2 aliphatic heterocycles. The molecule has 0 N–H and O–H groups in total. The minimum absolute atomic E-state index is 0.0730. The van der Waals surface area contributed by atoms with Gasteiger partial charge in [0.1, 0.15) is 55.4 Å². The first-order chi connectivity index (χ1) is 33.5. The molecular formula is C56H59ClO11. The first-order valence-corrected chi connectivity index (χ1v) is 23.5. The van der Waals surface area contributed by atoms with E-state index in [9.17, 15) is 4.79 Å². The molecule has 6 aromatic carbocycles. The van der Waals surface area contributed by atoms with Gasteiger partial charge in [-0.25, -0.2) is 0 Å². The van der Waals surface area contributed by atoms with Crippen LogP contribution in [-0.2, 0) is 91.8 Å². The minimum atomic E-state index is -1.08. The third kappa shape index (κ3) is 14.4. The molecule has 8 rings (SSSR count). The van der Waals surface area contributed by atoms with Crippen molar-refractivity contribution in [3.63, 3.8) is 0 Å². The second-order valence-electron chi connectivity index (χ2n) is 16.8. The maximum absolute atomic E-state index is 12.4. The molecule has 0 aromatic heterocycles. The van der Waals surface area contributed by atoms with Crippen molar-refractivity contribution in [1.29, 1.82) is 0 Å². The fourth-order valence-corrected chi connectivity index (χ4v) is 8.62. The Balaban J connectivity index is 1.11. The topological polar surface area (TPSA) is 109 Å². The average Bonchev–Trinajstić information content (AvgIpc) is 3.38. The second kappa shape index (κ2) is 25.9. The molecule has 68 heavy (non-hydrogen) atoms. The lowest BCUT2D eigenvalue weighted by atomic mass is 9.97. The molecule has 2 saturated heterocycles. The van der Waals surface area contributed by atoms with Gasteiger partial charge < -0.3 is 47.4 Å². The van der Waals surface area contributed by atoms with Gasteiger partial charge in [-0.2, -0.15) is 0 Å². The highest BCUT2D eigenvalue weighted by molar-refractivity contribution is 6.20. The number of esters is 1. The third-order valence-corrected chi connectivity index (χ3v) is 12.1. The van der Waals surface area contributed by atoms with Crippen molar-refractivity contribution in [2.24, 2.45) is 0 Å². The Bertz CT molecular complexity index is 2330. The quantitative estimate of drug-likeness (QED) is 0.0453. The van der Waals surface area contributed by atoms with E-state index in [0.717, 1.165) is 33.4 Å². The Hall–Kier alpha value is -5.28. The van der Waals surface area contributed by atoms with Crippen LogP contribution in [0.15, 0.2) is 182 Å². The number of alkyl halides is 1. The summed E-state index contributed by atoms with van der Waals surface area (Å²) in [5.74, 6) is -0.468. The molecule has 0 unspecified atom stereocenters. The zero-order valence-corrected chi connectivity index (χ0v) is 38.9. The Morgan fingerprint density at radius 1 is 0.382 bits per heavy atom. The van der Waals surface area contributed by atoms with Gasteiger partial charge in [-0.15, -0.1) is 0 Å². The van der Waals surface area contributed by atoms with E-state index < -0.39 is 66.7 Å². The molecule has 12 heteroatoms. The molecular weight excluding hydrogens is 884 g/mol. The van der Waals surface area contributed by atoms with Gasteiger partial charge in [0.15, 0.2) is 11.9 Å². The lowest BCUT2D eigenvalue weighted by molar-refractivity contribution is -0.336. The fraction of sp³-hybridized carbons (Fsp3) is 0.339. The summed E-state index contributed by atoms with van der Waals surface area (Å²) in [6.07, 6.45) is -7.31. The molecule has 0 aliphatic carbocycles. The molecule has 0 bridgehead atoms. The predicted molar refractivity (Wildman–Crippen MR) is 256 cm³/mol. The number of rotatable bonds is 23. The number of carbonyl (C=O) groups excluding carboxylic acids is 1. The van der Waals surface area contributed by atoms with Crippen LogP contribution in [0.1, 0.15) is 40.3 Å². The van der Waals surface area contributed by atoms with E-state index in [0.29, 0.717) is 0 Å². The number of ether oxygens (including phenoxy) is 10. The van der Waals surface area contributed by atoms with Crippen LogP contribution in [0.2, 0.25) is 0 Å². The number of hydrogen-bond acceptors (Lipinski definition) is 11. The summed E-state index contributed by atoms with van der Waals surface area (Å²) in [4.78, 5) is 12.4. The highest BCUT2D eigenvalue weighted by atomic mass is 35.5. The maximum Gasteiger partial charge on any atom is 0.302 e. The normalized spacial score (nSPS) is 24.9. The smallest absolute Gasteiger partial charge is 0.302 e. The maximum atomic E-state index is 12.4. The van der Waals surface area contributed by atoms with Crippen LogP contribution in [0.25, 0.3) is 0 Å². The van der Waals surface area contributed by atoms with Gasteiger partial charge in [-0.3, -0.25) is 4.79 Å². The summed E-state index contributed by atoms with van der Waals surface area (Å²) in [7, 11) is 0. The van der Waals surface area contributed by atoms with E-state index in [2.05, 4.69) is 0 Å². The average molecular weight is 944 g/mol. The lowest BCUT2D eigenvalue weighted by Crippen LogP contribution is -2.63. The van der Waals surface area contributed by atoms with Gasteiger partial charge in [0, 0.05) is 6.92 Å². The van der Waals surface area contributed by atoms with E-state index in [1.54, 1.807) is 0 Å². The summed E-state index contributed by atoms with van der Waals surface area (Å²) in [5.41, 5.74) is 4.77. The van der Waals surface area contributed by atoms with E-state index in [4.69, 9.17) is 59.0 Å². The van der Waals surface area contributed by atoms with E-state index in [-0.39, 0.29) is 52.9 Å². The minimum Gasteiger partial charge on any atom is -0.463 e. The monoisotopic (exact) mass is 942 g/mol. The van der Waals surface area contributed by atoms with Crippen molar-refractivity contribution < 1.29 is 52.2 Å². The van der Waals surface area contributed by atoms with Crippen molar-refractivity contribution in [3.05, 3.63) is 215 Å². The molecule has 2 heterocycles. The molecule has 0 saturated carbocycles. The van der Waals surface area contributed by atoms with Crippen molar-refractivity contribution in [1.82, 2.24) is 0 Å².